The SMILES string of the molecule is Nc1cc(-c2ccnc(Nc3ccc(N4CCOCC4)cc3)n2)ccc1OCCNC(=O)CCO. The minimum atomic E-state index is -0.222. The minimum Gasteiger partial charge on any atom is -0.490 e. The van der Waals surface area contributed by atoms with Crippen LogP contribution in [-0.4, -0.2) is 67.0 Å². The van der Waals surface area contributed by atoms with Crippen molar-refractivity contribution in [1.82, 2.24) is 15.3 Å². The lowest BCUT2D eigenvalue weighted by atomic mass is 10.1. The molecule has 0 atom stereocenters. The molecule has 10 nitrogen and oxygen atoms in total. The largest absolute Gasteiger partial charge is 0.490 e. The van der Waals surface area contributed by atoms with E-state index in [1.165, 1.54) is 5.69 Å². The molecule has 0 saturated carbocycles. The van der Waals surface area contributed by atoms with Gasteiger partial charge in [0.15, 0.2) is 0 Å². The van der Waals surface area contributed by atoms with Crippen molar-refractivity contribution in [3.8, 4) is 17.0 Å². The molecule has 3 aromatic rings. The molecule has 1 aromatic heterocycles. The third kappa shape index (κ3) is 6.81. The summed E-state index contributed by atoms with van der Waals surface area (Å²) in [7, 11) is 0. The van der Waals surface area contributed by atoms with Gasteiger partial charge in [0.05, 0.1) is 37.7 Å². The maximum atomic E-state index is 11.4. The number of anilines is 4. The molecule has 0 aliphatic carbocycles. The molecule has 1 aliphatic rings. The standard InChI is InChI=1S/C25H30N6O4/c26-21-17-18(1-6-23(21)35-14-10-27-24(33)8-13-32)22-7-9-28-25(30-22)29-19-2-4-20(5-3-19)31-11-15-34-16-12-31/h1-7,9,17,32H,8,10-16,26H2,(H,27,33)(H,28,29,30). The fraction of sp³-hybridized carbons (Fsp3) is 0.320. The molecule has 2 heterocycles. The highest BCUT2D eigenvalue weighted by molar-refractivity contribution is 5.75. The van der Waals surface area contributed by atoms with Gasteiger partial charge in [-0.1, -0.05) is 0 Å². The second-order valence-corrected chi connectivity index (χ2v) is 7.96. The predicted molar refractivity (Wildman–Crippen MR) is 135 cm³/mol. The first-order valence-corrected chi connectivity index (χ1v) is 11.6. The van der Waals surface area contributed by atoms with Gasteiger partial charge in [0.2, 0.25) is 11.9 Å². The Hall–Kier alpha value is -3.89. The summed E-state index contributed by atoms with van der Waals surface area (Å²) in [6, 6.07) is 15.4. The van der Waals surface area contributed by atoms with Gasteiger partial charge in [-0.2, -0.15) is 0 Å². The first-order chi connectivity index (χ1) is 17.1. The maximum Gasteiger partial charge on any atom is 0.227 e. The molecule has 10 heteroatoms. The van der Waals surface area contributed by atoms with Crippen molar-refractivity contribution < 1.29 is 19.4 Å². The maximum absolute atomic E-state index is 11.4. The van der Waals surface area contributed by atoms with Gasteiger partial charge >= 0.3 is 0 Å². The fourth-order valence-electron chi connectivity index (χ4n) is 3.67. The van der Waals surface area contributed by atoms with Gasteiger partial charge < -0.3 is 35.8 Å². The summed E-state index contributed by atoms with van der Waals surface area (Å²) in [6.07, 6.45) is 1.77. The lowest BCUT2D eigenvalue weighted by Gasteiger charge is -2.28. The van der Waals surface area contributed by atoms with Crippen LogP contribution in [0.3, 0.4) is 0 Å². The van der Waals surface area contributed by atoms with Crippen LogP contribution in [0.1, 0.15) is 6.42 Å². The van der Waals surface area contributed by atoms with E-state index in [2.05, 4.69) is 37.6 Å². The summed E-state index contributed by atoms with van der Waals surface area (Å²) in [5, 5.41) is 14.7. The van der Waals surface area contributed by atoms with Crippen LogP contribution in [-0.2, 0) is 9.53 Å². The third-order valence-electron chi connectivity index (χ3n) is 5.48. The molecule has 0 radical (unpaired) electrons. The number of aliphatic hydroxyl groups is 1. The summed E-state index contributed by atoms with van der Waals surface area (Å²) in [5.41, 5.74) is 10.3. The number of benzene rings is 2. The topological polar surface area (TPSA) is 135 Å². The quantitative estimate of drug-likeness (QED) is 0.255. The Morgan fingerprint density at radius 2 is 1.94 bits per heavy atom. The average molecular weight is 479 g/mol. The molecule has 1 aliphatic heterocycles. The van der Waals surface area contributed by atoms with Crippen LogP contribution in [0.4, 0.5) is 23.0 Å². The molecule has 1 amide bonds. The molecule has 184 valence electrons. The summed E-state index contributed by atoms with van der Waals surface area (Å²) in [6.45, 7) is 3.71. The Bertz CT molecular complexity index is 1120. The summed E-state index contributed by atoms with van der Waals surface area (Å²) < 4.78 is 11.1. The molecule has 1 fully saturated rings. The van der Waals surface area contributed by atoms with E-state index in [4.69, 9.17) is 20.3 Å². The van der Waals surface area contributed by atoms with Crippen LogP contribution in [0, 0.1) is 0 Å². The highest BCUT2D eigenvalue weighted by Crippen LogP contribution is 2.28. The Kier molecular flexibility index (Phi) is 8.31. The number of nitrogens with two attached hydrogens (primary N) is 1. The molecule has 4 rings (SSSR count). The van der Waals surface area contributed by atoms with Crippen molar-refractivity contribution in [2.24, 2.45) is 0 Å². The van der Waals surface area contributed by atoms with Gasteiger partial charge in [-0.15, -0.1) is 0 Å². The molecular weight excluding hydrogens is 448 g/mol. The molecule has 35 heavy (non-hydrogen) atoms. The van der Waals surface area contributed by atoms with Gasteiger partial charge in [-0.3, -0.25) is 4.79 Å². The molecule has 1 saturated heterocycles. The lowest BCUT2D eigenvalue weighted by Crippen LogP contribution is -2.36. The van der Waals surface area contributed by atoms with Crippen LogP contribution in [0.2, 0.25) is 0 Å². The smallest absolute Gasteiger partial charge is 0.227 e. The van der Waals surface area contributed by atoms with Crippen molar-refractivity contribution in [3.05, 3.63) is 54.7 Å². The van der Waals surface area contributed by atoms with E-state index in [0.29, 0.717) is 23.9 Å². The number of carbonyl (C=O) groups is 1. The van der Waals surface area contributed by atoms with Gasteiger partial charge in [0.25, 0.3) is 0 Å². The van der Waals surface area contributed by atoms with Gasteiger partial charge in [0.1, 0.15) is 12.4 Å². The number of nitrogen functional groups attached to an aromatic ring is 1. The highest BCUT2D eigenvalue weighted by Gasteiger charge is 2.11. The molecule has 5 N–H and O–H groups in total. The Balaban J connectivity index is 1.35. The number of nitrogens with zero attached hydrogens (tertiary/aromatic N) is 3. The minimum absolute atomic E-state index is 0.0758. The predicted octanol–water partition coefficient (Wildman–Crippen LogP) is 2.18. The van der Waals surface area contributed by atoms with Crippen LogP contribution in [0.5, 0.6) is 5.75 Å². The normalized spacial score (nSPS) is 13.3. The number of carbonyl (C=O) groups excluding carboxylic acids is 1. The number of morpholine rings is 1. The first kappa shape index (κ1) is 24.2. The zero-order valence-electron chi connectivity index (χ0n) is 19.4. The van der Waals surface area contributed by atoms with E-state index >= 15 is 0 Å². The van der Waals surface area contributed by atoms with E-state index < -0.39 is 0 Å². The van der Waals surface area contributed by atoms with E-state index in [9.17, 15) is 4.79 Å². The average Bonchev–Trinajstić information content (AvgIpc) is 2.89. The van der Waals surface area contributed by atoms with E-state index in [0.717, 1.165) is 43.2 Å². The van der Waals surface area contributed by atoms with E-state index in [1.807, 2.05) is 24.3 Å². The molecule has 0 bridgehead atoms. The monoisotopic (exact) mass is 478 g/mol. The summed E-state index contributed by atoms with van der Waals surface area (Å²) in [5.74, 6) is 0.790. The number of aliphatic hydroxyl groups excluding tert-OH is 1. The number of amides is 1. The number of hydrogen-bond acceptors (Lipinski definition) is 9. The Morgan fingerprint density at radius 3 is 2.69 bits per heavy atom. The summed E-state index contributed by atoms with van der Waals surface area (Å²) >= 11 is 0. The van der Waals surface area contributed by atoms with Crippen molar-refractivity contribution >= 4 is 28.9 Å². The Labute approximate surface area is 204 Å². The van der Waals surface area contributed by atoms with Crippen LogP contribution >= 0.6 is 0 Å². The van der Waals surface area contributed by atoms with Crippen molar-refractivity contribution in [2.45, 2.75) is 6.42 Å². The van der Waals surface area contributed by atoms with Crippen molar-refractivity contribution in [2.75, 3.05) is 62.0 Å². The lowest BCUT2D eigenvalue weighted by molar-refractivity contribution is -0.121. The number of aromatic nitrogens is 2. The Morgan fingerprint density at radius 1 is 1.14 bits per heavy atom. The van der Waals surface area contributed by atoms with Gasteiger partial charge in [-0.25, -0.2) is 9.97 Å². The number of hydrogen-bond donors (Lipinski definition) is 4. The van der Waals surface area contributed by atoms with Crippen LogP contribution in [0.25, 0.3) is 11.3 Å². The second-order valence-electron chi connectivity index (χ2n) is 7.96. The molecule has 0 unspecified atom stereocenters. The van der Waals surface area contributed by atoms with E-state index in [1.54, 1.807) is 18.3 Å². The van der Waals surface area contributed by atoms with Crippen molar-refractivity contribution in [1.29, 1.82) is 0 Å². The second kappa shape index (κ2) is 12.0. The van der Waals surface area contributed by atoms with Gasteiger partial charge in [0, 0.05) is 42.6 Å². The fourth-order valence-corrected chi connectivity index (χ4v) is 3.67. The van der Waals surface area contributed by atoms with Crippen LogP contribution < -0.4 is 26.0 Å². The zero-order chi connectivity index (χ0) is 24.5. The highest BCUT2D eigenvalue weighted by atomic mass is 16.5. The number of ether oxygens (including phenoxy) is 2. The number of rotatable bonds is 10. The van der Waals surface area contributed by atoms with Crippen molar-refractivity contribution in [3.63, 3.8) is 0 Å². The van der Waals surface area contributed by atoms with Gasteiger partial charge in [-0.05, 0) is 48.5 Å². The molecular formula is C25H30N6O4. The van der Waals surface area contributed by atoms with E-state index in [-0.39, 0.29) is 25.5 Å². The number of nitrogens with one attached hydrogen (secondary N) is 2. The third-order valence-corrected chi connectivity index (χ3v) is 5.48. The molecule has 2 aromatic carbocycles. The molecule has 0 spiro atoms. The summed E-state index contributed by atoms with van der Waals surface area (Å²) in [4.78, 5) is 22.6. The van der Waals surface area contributed by atoms with Crippen LogP contribution in [0.15, 0.2) is 54.7 Å². The zero-order valence-corrected chi connectivity index (χ0v) is 19.4. The first-order valence-electron chi connectivity index (χ1n) is 11.6.